The molecule has 1 aromatic rings. The fraction of sp³-hybridized carbons (Fsp3) is 0.650. The van der Waals surface area contributed by atoms with Crippen LogP contribution >= 0.6 is 0 Å². The van der Waals surface area contributed by atoms with Crippen molar-refractivity contribution < 1.29 is 18.7 Å². The molecule has 0 bridgehead atoms. The van der Waals surface area contributed by atoms with Gasteiger partial charge in [-0.05, 0) is 43.1 Å². The van der Waals surface area contributed by atoms with Crippen molar-refractivity contribution in [3.8, 4) is 0 Å². The van der Waals surface area contributed by atoms with Crippen molar-refractivity contribution in [2.45, 2.75) is 71.9 Å². The number of ether oxygens (including phenoxy) is 2. The molecule has 1 atom stereocenters. The molecule has 0 spiro atoms. The molecule has 0 saturated heterocycles. The summed E-state index contributed by atoms with van der Waals surface area (Å²) in [7, 11) is -1.74. The zero-order chi connectivity index (χ0) is 19.1. The molecule has 0 radical (unpaired) electrons. The van der Waals surface area contributed by atoms with Gasteiger partial charge >= 0.3 is 5.97 Å². The molecule has 0 amide bonds. The molecule has 0 heterocycles. The lowest BCUT2D eigenvalue weighted by atomic mass is 10.1. The van der Waals surface area contributed by atoms with E-state index in [1.165, 1.54) is 0 Å². The maximum atomic E-state index is 11.9. The Morgan fingerprint density at radius 2 is 1.60 bits per heavy atom. The van der Waals surface area contributed by atoms with Gasteiger partial charge in [-0.25, -0.2) is 4.79 Å². The van der Waals surface area contributed by atoms with E-state index in [9.17, 15) is 4.79 Å². The van der Waals surface area contributed by atoms with Crippen molar-refractivity contribution in [2.75, 3.05) is 13.2 Å². The third-order valence-corrected chi connectivity index (χ3v) is 9.25. The Balaban J connectivity index is 2.67. The van der Waals surface area contributed by atoms with Gasteiger partial charge in [0, 0.05) is 13.0 Å². The average molecular weight is 367 g/mol. The van der Waals surface area contributed by atoms with Crippen LogP contribution in [0.15, 0.2) is 24.3 Å². The van der Waals surface area contributed by atoms with Gasteiger partial charge in [0.05, 0.1) is 13.2 Å². The third kappa shape index (κ3) is 6.92. The molecule has 25 heavy (non-hydrogen) atoms. The molecule has 0 aliphatic heterocycles. The Labute approximate surface area is 154 Å². The fourth-order valence-corrected chi connectivity index (χ4v) is 3.07. The maximum absolute atomic E-state index is 11.9. The van der Waals surface area contributed by atoms with Crippen LogP contribution in [0.1, 0.15) is 45.7 Å². The molecule has 0 aliphatic carbocycles. The van der Waals surface area contributed by atoms with Crippen LogP contribution in [-0.2, 0) is 31.7 Å². The number of benzene rings is 1. The quantitative estimate of drug-likeness (QED) is 0.468. The summed E-state index contributed by atoms with van der Waals surface area (Å²) in [5.41, 5.74) is 2.21. The number of carbonyl (C=O) groups excluding carboxylic acids is 1. The Morgan fingerprint density at radius 3 is 2.08 bits per heavy atom. The second-order valence-corrected chi connectivity index (χ2v) is 12.6. The molecule has 0 aliphatic rings. The fourth-order valence-electron chi connectivity index (χ4n) is 2.11. The number of rotatable bonds is 9. The minimum absolute atomic E-state index is 0.206. The topological polar surface area (TPSA) is 44.8 Å². The highest BCUT2D eigenvalue weighted by atomic mass is 28.4. The van der Waals surface area contributed by atoms with E-state index in [-0.39, 0.29) is 11.0 Å². The highest BCUT2D eigenvalue weighted by molar-refractivity contribution is 6.74. The van der Waals surface area contributed by atoms with Crippen molar-refractivity contribution in [1.82, 2.24) is 0 Å². The summed E-state index contributed by atoms with van der Waals surface area (Å²) in [6.07, 6.45) is -0.0185. The zero-order valence-electron chi connectivity index (χ0n) is 16.8. The minimum atomic E-state index is -1.74. The van der Waals surface area contributed by atoms with Gasteiger partial charge in [0.15, 0.2) is 14.4 Å². The normalized spacial score (nSPS) is 13.6. The molecule has 1 rings (SSSR count). The summed E-state index contributed by atoms with van der Waals surface area (Å²) in [4.78, 5) is 11.9. The predicted octanol–water partition coefficient (Wildman–Crippen LogP) is 4.72. The number of carbonyl (C=O) groups is 1. The Kier molecular flexibility index (Phi) is 8.31. The number of esters is 1. The summed E-state index contributed by atoms with van der Waals surface area (Å²) in [5, 5.41) is 0.206. The Hall–Kier alpha value is -1.17. The second-order valence-electron chi connectivity index (χ2n) is 7.77. The summed E-state index contributed by atoms with van der Waals surface area (Å²) >= 11 is 0. The lowest BCUT2D eigenvalue weighted by Gasteiger charge is -2.36. The van der Waals surface area contributed by atoms with Crippen molar-refractivity contribution in [3.63, 3.8) is 0 Å². The molecule has 1 unspecified atom stereocenters. The molecule has 4 nitrogen and oxygen atoms in total. The first kappa shape index (κ1) is 21.9. The van der Waals surface area contributed by atoms with Gasteiger partial charge in [0.2, 0.25) is 0 Å². The van der Waals surface area contributed by atoms with Crippen LogP contribution in [0.2, 0.25) is 18.1 Å². The standard InChI is InChI=1S/C20H34O4Si/c1-8-22-18(19(21)23-9-2)14-16-10-12-17(13-11-16)15-24-25(6,7)20(3,4)5/h10-13,18H,8-9,14-15H2,1-7H3. The van der Waals surface area contributed by atoms with Crippen molar-refractivity contribution in [2.24, 2.45) is 0 Å². The SMILES string of the molecule is CCOC(=O)C(Cc1ccc(CO[Si](C)(C)C(C)(C)C)cc1)OCC. The first-order valence-corrected chi connectivity index (χ1v) is 12.0. The zero-order valence-corrected chi connectivity index (χ0v) is 17.8. The largest absolute Gasteiger partial charge is 0.464 e. The predicted molar refractivity (Wildman–Crippen MR) is 104 cm³/mol. The van der Waals surface area contributed by atoms with Crippen LogP contribution in [-0.4, -0.2) is 33.6 Å². The van der Waals surface area contributed by atoms with Crippen LogP contribution in [0.4, 0.5) is 0 Å². The van der Waals surface area contributed by atoms with Crippen LogP contribution in [0, 0.1) is 0 Å². The Bertz CT molecular complexity index is 532. The van der Waals surface area contributed by atoms with Crippen LogP contribution in [0.3, 0.4) is 0 Å². The molecule has 142 valence electrons. The lowest BCUT2D eigenvalue weighted by molar-refractivity contribution is -0.156. The van der Waals surface area contributed by atoms with Crippen molar-refractivity contribution in [1.29, 1.82) is 0 Å². The summed E-state index contributed by atoms with van der Waals surface area (Å²) in [6, 6.07) is 8.21. The highest BCUT2D eigenvalue weighted by Gasteiger charge is 2.37. The average Bonchev–Trinajstić information content (AvgIpc) is 2.53. The molecule has 1 aromatic carbocycles. The number of hydrogen-bond donors (Lipinski definition) is 0. The van der Waals surface area contributed by atoms with Crippen LogP contribution in [0.5, 0.6) is 0 Å². The maximum Gasteiger partial charge on any atom is 0.335 e. The first-order chi connectivity index (χ1) is 11.6. The molecular formula is C20H34O4Si. The third-order valence-electron chi connectivity index (χ3n) is 4.77. The van der Waals surface area contributed by atoms with E-state index in [1.807, 2.05) is 19.1 Å². The molecular weight excluding hydrogens is 332 g/mol. The summed E-state index contributed by atoms with van der Waals surface area (Å²) in [5.74, 6) is -0.297. The lowest BCUT2D eigenvalue weighted by Crippen LogP contribution is -2.40. The minimum Gasteiger partial charge on any atom is -0.464 e. The smallest absolute Gasteiger partial charge is 0.335 e. The van der Waals surface area contributed by atoms with E-state index in [0.717, 1.165) is 11.1 Å². The highest BCUT2D eigenvalue weighted by Crippen LogP contribution is 2.37. The summed E-state index contributed by atoms with van der Waals surface area (Å²) in [6.45, 7) is 16.4. The summed E-state index contributed by atoms with van der Waals surface area (Å²) < 4.78 is 16.9. The van der Waals surface area contributed by atoms with E-state index in [0.29, 0.717) is 26.2 Å². The Morgan fingerprint density at radius 1 is 1.04 bits per heavy atom. The first-order valence-electron chi connectivity index (χ1n) is 9.10. The van der Waals surface area contributed by atoms with E-state index in [1.54, 1.807) is 6.92 Å². The molecule has 0 N–H and O–H groups in total. The van der Waals surface area contributed by atoms with Gasteiger partial charge < -0.3 is 13.9 Å². The second kappa shape index (κ2) is 9.50. The molecule has 0 fully saturated rings. The van der Waals surface area contributed by atoms with Gasteiger partial charge in [-0.1, -0.05) is 45.0 Å². The van der Waals surface area contributed by atoms with Gasteiger partial charge in [0.25, 0.3) is 0 Å². The monoisotopic (exact) mass is 366 g/mol. The molecule has 0 saturated carbocycles. The van der Waals surface area contributed by atoms with Crippen molar-refractivity contribution in [3.05, 3.63) is 35.4 Å². The van der Waals surface area contributed by atoms with E-state index in [4.69, 9.17) is 13.9 Å². The molecule has 0 aromatic heterocycles. The van der Waals surface area contributed by atoms with E-state index >= 15 is 0 Å². The van der Waals surface area contributed by atoms with Gasteiger partial charge in [-0.2, -0.15) is 0 Å². The number of hydrogen-bond acceptors (Lipinski definition) is 4. The van der Waals surface area contributed by atoms with Crippen LogP contribution in [0.25, 0.3) is 0 Å². The van der Waals surface area contributed by atoms with Gasteiger partial charge in [-0.15, -0.1) is 0 Å². The molecule has 5 heteroatoms. The van der Waals surface area contributed by atoms with Gasteiger partial charge in [-0.3, -0.25) is 0 Å². The van der Waals surface area contributed by atoms with Gasteiger partial charge in [0.1, 0.15) is 0 Å². The van der Waals surface area contributed by atoms with E-state index in [2.05, 4.69) is 46.0 Å². The van der Waals surface area contributed by atoms with Crippen LogP contribution < -0.4 is 0 Å². The van der Waals surface area contributed by atoms with E-state index < -0.39 is 14.4 Å². The van der Waals surface area contributed by atoms with Crippen molar-refractivity contribution >= 4 is 14.3 Å².